The Kier molecular flexibility index (Phi) is 1.82. The summed E-state index contributed by atoms with van der Waals surface area (Å²) in [4.78, 5) is 20.9. The fourth-order valence-electron chi connectivity index (χ4n) is 1.37. The Morgan fingerprint density at radius 2 is 2.20 bits per heavy atom. The van der Waals surface area contributed by atoms with Crippen LogP contribution in [-0.2, 0) is 7.05 Å². The van der Waals surface area contributed by atoms with E-state index < -0.39 is 22.2 Å². The number of aromatic nitrogens is 1. The summed E-state index contributed by atoms with van der Waals surface area (Å²) in [5.41, 5.74) is -0.640. The lowest BCUT2D eigenvalue weighted by molar-refractivity contribution is -0.383. The van der Waals surface area contributed by atoms with Crippen molar-refractivity contribution in [1.29, 1.82) is 0 Å². The molecule has 0 amide bonds. The number of nitro benzene ring substituents is 1. The number of nitrogens with zero attached hydrogens (tertiary/aromatic N) is 2. The van der Waals surface area contributed by atoms with Crippen molar-refractivity contribution in [3.05, 3.63) is 38.6 Å². The maximum Gasteiger partial charge on any atom is 0.419 e. The van der Waals surface area contributed by atoms with Crippen LogP contribution in [0.5, 0.6) is 0 Å². The van der Waals surface area contributed by atoms with Crippen LogP contribution in [0.15, 0.2) is 21.3 Å². The summed E-state index contributed by atoms with van der Waals surface area (Å²) in [6, 6.07) is 1.68. The zero-order valence-electron chi connectivity index (χ0n) is 7.56. The standard InChI is InChI=1S/C8H5FN2O4/c1-10-7-5(11(13)14)2-4(9)3-6(7)15-8(10)12/h2-3H,1H3. The molecule has 0 N–H and O–H groups in total. The number of hydrogen-bond acceptors (Lipinski definition) is 4. The van der Waals surface area contributed by atoms with E-state index >= 15 is 0 Å². The lowest BCUT2D eigenvalue weighted by Gasteiger charge is -1.95. The molecule has 1 aromatic heterocycles. The van der Waals surface area contributed by atoms with E-state index in [0.717, 1.165) is 16.7 Å². The molecule has 0 aliphatic heterocycles. The van der Waals surface area contributed by atoms with Crippen molar-refractivity contribution in [2.45, 2.75) is 0 Å². The quantitative estimate of drug-likeness (QED) is 0.525. The third-order valence-corrected chi connectivity index (χ3v) is 2.02. The summed E-state index contributed by atoms with van der Waals surface area (Å²) in [6.07, 6.45) is 0. The first kappa shape index (κ1) is 9.38. The number of rotatable bonds is 1. The molecule has 0 radical (unpaired) electrons. The second-order valence-electron chi connectivity index (χ2n) is 2.96. The molecule has 0 atom stereocenters. The topological polar surface area (TPSA) is 78.3 Å². The van der Waals surface area contributed by atoms with Gasteiger partial charge in [-0.3, -0.25) is 14.7 Å². The van der Waals surface area contributed by atoms with E-state index in [9.17, 15) is 19.3 Å². The third kappa shape index (κ3) is 1.28. The monoisotopic (exact) mass is 212 g/mol. The number of oxazole rings is 1. The summed E-state index contributed by atoms with van der Waals surface area (Å²) in [7, 11) is 1.32. The van der Waals surface area contributed by atoms with Crippen LogP contribution in [-0.4, -0.2) is 9.49 Å². The van der Waals surface area contributed by atoms with Gasteiger partial charge in [0, 0.05) is 13.1 Å². The summed E-state index contributed by atoms with van der Waals surface area (Å²) in [5.74, 6) is -1.58. The first-order valence-corrected chi connectivity index (χ1v) is 3.94. The summed E-state index contributed by atoms with van der Waals surface area (Å²) >= 11 is 0. The van der Waals surface area contributed by atoms with Gasteiger partial charge in [0.1, 0.15) is 5.82 Å². The van der Waals surface area contributed by atoms with Crippen molar-refractivity contribution in [2.75, 3.05) is 0 Å². The van der Waals surface area contributed by atoms with Crippen LogP contribution in [0.1, 0.15) is 0 Å². The Labute approximate surface area is 81.7 Å². The highest BCUT2D eigenvalue weighted by Crippen LogP contribution is 2.25. The maximum atomic E-state index is 12.9. The van der Waals surface area contributed by atoms with Gasteiger partial charge in [-0.1, -0.05) is 0 Å². The van der Waals surface area contributed by atoms with Crippen molar-refractivity contribution in [2.24, 2.45) is 7.05 Å². The van der Waals surface area contributed by atoms with Crippen LogP contribution in [0.4, 0.5) is 10.1 Å². The van der Waals surface area contributed by atoms with Gasteiger partial charge in [0.15, 0.2) is 11.1 Å². The van der Waals surface area contributed by atoms with Crippen molar-refractivity contribution in [3.8, 4) is 0 Å². The number of benzene rings is 1. The van der Waals surface area contributed by atoms with Crippen molar-refractivity contribution in [3.63, 3.8) is 0 Å². The Hall–Kier alpha value is -2.18. The molecule has 2 aromatic rings. The molecule has 0 aliphatic rings. The van der Waals surface area contributed by atoms with Crippen LogP contribution in [0.3, 0.4) is 0 Å². The number of halogens is 1. The van der Waals surface area contributed by atoms with E-state index in [4.69, 9.17) is 0 Å². The molecular weight excluding hydrogens is 207 g/mol. The number of non-ortho nitro benzene ring substituents is 1. The SMILES string of the molecule is Cn1c(=O)oc2cc(F)cc([N+](=O)[O-])c21. The highest BCUT2D eigenvalue weighted by molar-refractivity contribution is 5.83. The Morgan fingerprint density at radius 1 is 1.53 bits per heavy atom. The molecule has 78 valence electrons. The molecule has 2 rings (SSSR count). The molecule has 0 saturated heterocycles. The van der Waals surface area contributed by atoms with Gasteiger partial charge in [-0.05, 0) is 0 Å². The lowest BCUT2D eigenvalue weighted by atomic mass is 10.2. The average molecular weight is 212 g/mol. The predicted molar refractivity (Wildman–Crippen MR) is 48.1 cm³/mol. The summed E-state index contributed by atoms with van der Waals surface area (Å²) in [6.45, 7) is 0. The molecule has 0 fully saturated rings. The van der Waals surface area contributed by atoms with E-state index in [0.29, 0.717) is 0 Å². The average Bonchev–Trinajstić information content (AvgIpc) is 2.41. The number of nitro groups is 1. The highest BCUT2D eigenvalue weighted by atomic mass is 19.1. The molecule has 1 heterocycles. The van der Waals surface area contributed by atoms with Gasteiger partial charge in [0.2, 0.25) is 0 Å². The van der Waals surface area contributed by atoms with Crippen molar-refractivity contribution >= 4 is 16.8 Å². The normalized spacial score (nSPS) is 10.8. The largest absolute Gasteiger partial charge is 0.419 e. The van der Waals surface area contributed by atoms with Crippen LogP contribution in [0.25, 0.3) is 11.1 Å². The van der Waals surface area contributed by atoms with Crippen molar-refractivity contribution < 1.29 is 13.7 Å². The van der Waals surface area contributed by atoms with Gasteiger partial charge >= 0.3 is 5.76 Å². The molecule has 0 spiro atoms. The molecule has 7 heteroatoms. The number of hydrogen-bond donors (Lipinski definition) is 0. The number of aryl methyl sites for hydroxylation is 1. The molecule has 15 heavy (non-hydrogen) atoms. The molecular formula is C8H5FN2O4. The lowest BCUT2D eigenvalue weighted by Crippen LogP contribution is -2.09. The van der Waals surface area contributed by atoms with E-state index in [-0.39, 0.29) is 11.1 Å². The molecule has 0 bridgehead atoms. The van der Waals surface area contributed by atoms with Gasteiger partial charge in [0.25, 0.3) is 5.69 Å². The molecule has 1 aromatic carbocycles. The van der Waals surface area contributed by atoms with Gasteiger partial charge in [-0.25, -0.2) is 9.18 Å². The van der Waals surface area contributed by atoms with E-state index in [1.54, 1.807) is 0 Å². The van der Waals surface area contributed by atoms with Gasteiger partial charge in [0.05, 0.1) is 11.0 Å². The zero-order chi connectivity index (χ0) is 11.2. The Morgan fingerprint density at radius 3 is 2.80 bits per heavy atom. The second-order valence-corrected chi connectivity index (χ2v) is 2.96. The minimum atomic E-state index is -0.816. The van der Waals surface area contributed by atoms with E-state index in [1.807, 2.05) is 0 Å². The van der Waals surface area contributed by atoms with Crippen LogP contribution >= 0.6 is 0 Å². The van der Waals surface area contributed by atoms with Crippen LogP contribution < -0.4 is 5.76 Å². The van der Waals surface area contributed by atoms with E-state index in [2.05, 4.69) is 4.42 Å². The summed E-state index contributed by atoms with van der Waals surface area (Å²) < 4.78 is 18.5. The van der Waals surface area contributed by atoms with E-state index in [1.165, 1.54) is 7.05 Å². The van der Waals surface area contributed by atoms with Crippen LogP contribution in [0.2, 0.25) is 0 Å². The Bertz CT molecular complexity index is 613. The molecule has 0 unspecified atom stereocenters. The Balaban J connectivity index is 3.01. The van der Waals surface area contributed by atoms with Gasteiger partial charge < -0.3 is 4.42 Å². The molecule has 0 aliphatic carbocycles. The zero-order valence-corrected chi connectivity index (χ0v) is 7.56. The minimum absolute atomic E-state index is 0.0219. The maximum absolute atomic E-state index is 12.9. The number of fused-ring (bicyclic) bond motifs is 1. The second kappa shape index (κ2) is 2.91. The minimum Gasteiger partial charge on any atom is -0.407 e. The smallest absolute Gasteiger partial charge is 0.407 e. The van der Waals surface area contributed by atoms with Gasteiger partial charge in [-0.2, -0.15) is 0 Å². The molecule has 6 nitrogen and oxygen atoms in total. The van der Waals surface area contributed by atoms with Crippen molar-refractivity contribution in [1.82, 2.24) is 4.57 Å². The third-order valence-electron chi connectivity index (χ3n) is 2.02. The molecule has 0 saturated carbocycles. The van der Waals surface area contributed by atoms with Crippen LogP contribution in [0, 0.1) is 15.9 Å². The fourth-order valence-corrected chi connectivity index (χ4v) is 1.37. The predicted octanol–water partition coefficient (Wildman–Crippen LogP) is 1.18. The first-order valence-electron chi connectivity index (χ1n) is 3.94. The highest BCUT2D eigenvalue weighted by Gasteiger charge is 2.20. The first-order chi connectivity index (χ1) is 7.00. The summed E-state index contributed by atoms with van der Waals surface area (Å²) in [5, 5.41) is 10.6. The van der Waals surface area contributed by atoms with Gasteiger partial charge in [-0.15, -0.1) is 0 Å². The fraction of sp³-hybridized carbons (Fsp3) is 0.125.